The Balaban J connectivity index is 2.04. The maximum absolute atomic E-state index is 11.9. The van der Waals surface area contributed by atoms with Crippen LogP contribution in [-0.2, 0) is 11.2 Å². The molecule has 0 aliphatic heterocycles. The number of carbonyl (C=O) groups excluding carboxylic acids is 2. The average molecular weight is 274 g/mol. The lowest BCUT2D eigenvalue weighted by molar-refractivity contribution is -0.115. The number of hydrogen-bond donors (Lipinski definition) is 2. The molecule has 0 radical (unpaired) electrons. The van der Waals surface area contributed by atoms with Crippen molar-refractivity contribution in [1.29, 1.82) is 0 Å². The highest BCUT2D eigenvalue weighted by atomic mass is 32.1. The molecule has 0 bridgehead atoms. The third-order valence-electron chi connectivity index (χ3n) is 2.60. The van der Waals surface area contributed by atoms with Crippen LogP contribution in [0.15, 0.2) is 41.8 Å². The van der Waals surface area contributed by atoms with Crippen molar-refractivity contribution in [2.45, 2.75) is 6.42 Å². The van der Waals surface area contributed by atoms with Gasteiger partial charge < -0.3 is 10.6 Å². The van der Waals surface area contributed by atoms with E-state index >= 15 is 0 Å². The molecule has 2 rings (SSSR count). The van der Waals surface area contributed by atoms with Crippen LogP contribution in [0, 0.1) is 0 Å². The zero-order chi connectivity index (χ0) is 13.7. The lowest BCUT2D eigenvalue weighted by Gasteiger charge is -2.05. The van der Waals surface area contributed by atoms with Gasteiger partial charge in [-0.2, -0.15) is 0 Å². The molecule has 5 heteroatoms. The summed E-state index contributed by atoms with van der Waals surface area (Å²) in [5.74, 6) is -0.324. The third kappa shape index (κ3) is 3.42. The van der Waals surface area contributed by atoms with Crippen molar-refractivity contribution in [3.63, 3.8) is 0 Å². The molecule has 1 heterocycles. The standard InChI is InChI=1S/C14H14N2O2S/c1-15-13(18)11-7-8-19-14(11)16-12(17)9-10-5-3-2-4-6-10/h2-8H,9H2,1H3,(H,15,18)(H,16,17). The van der Waals surface area contributed by atoms with Crippen molar-refractivity contribution >= 4 is 28.2 Å². The molecular weight excluding hydrogens is 260 g/mol. The van der Waals surface area contributed by atoms with Gasteiger partial charge in [0.15, 0.2) is 0 Å². The van der Waals surface area contributed by atoms with Crippen LogP contribution in [0.1, 0.15) is 15.9 Å². The molecule has 2 N–H and O–H groups in total. The number of benzene rings is 1. The maximum Gasteiger partial charge on any atom is 0.254 e. The molecule has 0 aliphatic rings. The van der Waals surface area contributed by atoms with Crippen molar-refractivity contribution in [3.8, 4) is 0 Å². The van der Waals surface area contributed by atoms with E-state index in [1.807, 2.05) is 30.3 Å². The summed E-state index contributed by atoms with van der Waals surface area (Å²) in [6.45, 7) is 0. The van der Waals surface area contributed by atoms with Crippen LogP contribution in [0.3, 0.4) is 0 Å². The molecule has 0 aliphatic carbocycles. The fourth-order valence-electron chi connectivity index (χ4n) is 1.67. The molecule has 1 aromatic heterocycles. The number of nitrogens with one attached hydrogen (secondary N) is 2. The summed E-state index contributed by atoms with van der Waals surface area (Å²) < 4.78 is 0. The average Bonchev–Trinajstić information content (AvgIpc) is 2.87. The smallest absolute Gasteiger partial charge is 0.254 e. The fourth-order valence-corrected chi connectivity index (χ4v) is 2.47. The van der Waals surface area contributed by atoms with Crippen LogP contribution in [0.5, 0.6) is 0 Å². The zero-order valence-electron chi connectivity index (χ0n) is 10.5. The summed E-state index contributed by atoms with van der Waals surface area (Å²) in [6, 6.07) is 11.2. The van der Waals surface area contributed by atoms with Crippen molar-refractivity contribution in [2.75, 3.05) is 12.4 Å². The van der Waals surface area contributed by atoms with Crippen molar-refractivity contribution in [2.24, 2.45) is 0 Å². The van der Waals surface area contributed by atoms with Crippen LogP contribution >= 0.6 is 11.3 Å². The Morgan fingerprint density at radius 3 is 2.58 bits per heavy atom. The first kappa shape index (κ1) is 13.3. The van der Waals surface area contributed by atoms with Crippen LogP contribution in [-0.4, -0.2) is 18.9 Å². The Labute approximate surface area is 115 Å². The fraction of sp³-hybridized carbons (Fsp3) is 0.143. The predicted molar refractivity (Wildman–Crippen MR) is 76.5 cm³/mol. The Morgan fingerprint density at radius 2 is 1.89 bits per heavy atom. The topological polar surface area (TPSA) is 58.2 Å². The molecule has 1 aromatic carbocycles. The first-order valence-electron chi connectivity index (χ1n) is 5.84. The molecule has 0 unspecified atom stereocenters. The van der Waals surface area contributed by atoms with E-state index in [2.05, 4.69) is 10.6 Å². The van der Waals surface area contributed by atoms with Crippen molar-refractivity contribution in [3.05, 3.63) is 52.9 Å². The van der Waals surface area contributed by atoms with Gasteiger partial charge in [-0.15, -0.1) is 11.3 Å². The van der Waals surface area contributed by atoms with Crippen LogP contribution < -0.4 is 10.6 Å². The Bertz CT molecular complexity index is 578. The summed E-state index contributed by atoms with van der Waals surface area (Å²) in [5, 5.41) is 7.68. The SMILES string of the molecule is CNC(=O)c1ccsc1NC(=O)Cc1ccccc1. The van der Waals surface area contributed by atoms with Gasteiger partial charge in [-0.25, -0.2) is 0 Å². The summed E-state index contributed by atoms with van der Waals surface area (Å²) >= 11 is 1.34. The molecule has 0 saturated carbocycles. The summed E-state index contributed by atoms with van der Waals surface area (Å²) in [6.07, 6.45) is 0.298. The van der Waals surface area contributed by atoms with Crippen LogP contribution in [0.2, 0.25) is 0 Å². The van der Waals surface area contributed by atoms with Gasteiger partial charge in [0.2, 0.25) is 5.91 Å². The van der Waals surface area contributed by atoms with Gasteiger partial charge in [0, 0.05) is 7.05 Å². The van der Waals surface area contributed by atoms with E-state index in [1.165, 1.54) is 11.3 Å². The van der Waals surface area contributed by atoms with Gasteiger partial charge >= 0.3 is 0 Å². The molecule has 19 heavy (non-hydrogen) atoms. The highest BCUT2D eigenvalue weighted by Crippen LogP contribution is 2.23. The lowest BCUT2D eigenvalue weighted by Crippen LogP contribution is -2.20. The quantitative estimate of drug-likeness (QED) is 0.898. The minimum atomic E-state index is -0.198. The summed E-state index contributed by atoms with van der Waals surface area (Å²) in [5.41, 5.74) is 1.44. The van der Waals surface area contributed by atoms with E-state index in [0.29, 0.717) is 17.0 Å². The Kier molecular flexibility index (Phi) is 4.30. The van der Waals surface area contributed by atoms with Gasteiger partial charge in [-0.1, -0.05) is 30.3 Å². The van der Waals surface area contributed by atoms with Crippen LogP contribution in [0.4, 0.5) is 5.00 Å². The second kappa shape index (κ2) is 6.15. The maximum atomic E-state index is 11.9. The number of carbonyl (C=O) groups is 2. The zero-order valence-corrected chi connectivity index (χ0v) is 11.3. The van der Waals surface area contributed by atoms with E-state index in [9.17, 15) is 9.59 Å². The summed E-state index contributed by atoms with van der Waals surface area (Å²) in [4.78, 5) is 23.5. The first-order valence-corrected chi connectivity index (χ1v) is 6.72. The molecule has 0 spiro atoms. The van der Waals surface area contributed by atoms with E-state index in [4.69, 9.17) is 0 Å². The highest BCUT2D eigenvalue weighted by Gasteiger charge is 2.13. The largest absolute Gasteiger partial charge is 0.355 e. The number of amides is 2. The van der Waals surface area contributed by atoms with E-state index < -0.39 is 0 Å². The number of rotatable bonds is 4. The normalized spacial score (nSPS) is 9.95. The molecule has 2 amide bonds. The minimum Gasteiger partial charge on any atom is -0.355 e. The number of anilines is 1. The van der Waals surface area contributed by atoms with E-state index in [0.717, 1.165) is 5.56 Å². The molecule has 0 atom stereocenters. The highest BCUT2D eigenvalue weighted by molar-refractivity contribution is 7.14. The van der Waals surface area contributed by atoms with Gasteiger partial charge in [-0.05, 0) is 17.0 Å². The Hall–Kier alpha value is -2.14. The van der Waals surface area contributed by atoms with E-state index in [-0.39, 0.29) is 11.8 Å². The molecule has 0 saturated heterocycles. The van der Waals surface area contributed by atoms with Gasteiger partial charge in [-0.3, -0.25) is 9.59 Å². The first-order chi connectivity index (χ1) is 9.20. The predicted octanol–water partition coefficient (Wildman–Crippen LogP) is 2.29. The number of thiophene rings is 1. The van der Waals surface area contributed by atoms with Gasteiger partial charge in [0.1, 0.15) is 5.00 Å². The monoisotopic (exact) mass is 274 g/mol. The minimum absolute atomic E-state index is 0.126. The third-order valence-corrected chi connectivity index (χ3v) is 3.43. The van der Waals surface area contributed by atoms with Crippen molar-refractivity contribution < 1.29 is 9.59 Å². The molecule has 4 nitrogen and oxygen atoms in total. The summed E-state index contributed by atoms with van der Waals surface area (Å²) in [7, 11) is 1.57. The molecule has 2 aromatic rings. The second-order valence-electron chi connectivity index (χ2n) is 3.95. The molecule has 98 valence electrons. The molecule has 0 fully saturated rings. The van der Waals surface area contributed by atoms with Gasteiger partial charge in [0.25, 0.3) is 5.91 Å². The van der Waals surface area contributed by atoms with E-state index in [1.54, 1.807) is 18.5 Å². The van der Waals surface area contributed by atoms with Gasteiger partial charge in [0.05, 0.1) is 12.0 Å². The second-order valence-corrected chi connectivity index (χ2v) is 4.87. The van der Waals surface area contributed by atoms with Crippen LogP contribution in [0.25, 0.3) is 0 Å². The lowest BCUT2D eigenvalue weighted by atomic mass is 10.1. The number of hydrogen-bond acceptors (Lipinski definition) is 3. The Morgan fingerprint density at radius 1 is 1.16 bits per heavy atom. The van der Waals surface area contributed by atoms with Crippen molar-refractivity contribution in [1.82, 2.24) is 5.32 Å². The molecular formula is C14H14N2O2S.